The van der Waals surface area contributed by atoms with Crippen LogP contribution < -0.4 is 4.72 Å². The topological polar surface area (TPSA) is 65.2 Å². The fourth-order valence-electron chi connectivity index (χ4n) is 3.22. The van der Waals surface area contributed by atoms with Gasteiger partial charge in [-0.3, -0.25) is 0 Å². The normalized spacial score (nSPS) is 20.0. The van der Waals surface area contributed by atoms with Crippen LogP contribution in [-0.4, -0.2) is 44.7 Å². The van der Waals surface area contributed by atoms with Crippen molar-refractivity contribution in [1.29, 1.82) is 0 Å². The number of hydrogen-bond donors (Lipinski definition) is 2. The molecule has 0 radical (unpaired) electrons. The fraction of sp³-hybridized carbons (Fsp3) is 0.500. The Labute approximate surface area is 131 Å². The summed E-state index contributed by atoms with van der Waals surface area (Å²) < 4.78 is 25.0. The highest BCUT2D eigenvalue weighted by Crippen LogP contribution is 2.26. The summed E-state index contributed by atoms with van der Waals surface area (Å²) in [6, 6.07) is 6.08. The first kappa shape index (κ1) is 15.5. The number of aromatic amines is 1. The monoisotopic (exact) mass is 321 g/mol. The molecule has 2 N–H and O–H groups in total. The zero-order valence-corrected chi connectivity index (χ0v) is 13.9. The van der Waals surface area contributed by atoms with Gasteiger partial charge in [0.25, 0.3) is 0 Å². The highest BCUT2D eigenvalue weighted by molar-refractivity contribution is 7.88. The Morgan fingerprint density at radius 2 is 2.23 bits per heavy atom. The van der Waals surface area contributed by atoms with Crippen LogP contribution in [0.5, 0.6) is 0 Å². The smallest absolute Gasteiger partial charge is 0.209 e. The maximum Gasteiger partial charge on any atom is 0.209 e. The molecule has 1 saturated heterocycles. The van der Waals surface area contributed by atoms with E-state index < -0.39 is 10.0 Å². The third kappa shape index (κ3) is 3.69. The Hall–Kier alpha value is -1.37. The van der Waals surface area contributed by atoms with Crippen LogP contribution in [0, 0.1) is 5.92 Å². The number of sulfonamides is 1. The molecule has 1 aliphatic heterocycles. The Kier molecular flexibility index (Phi) is 4.25. The first-order chi connectivity index (χ1) is 10.4. The number of aromatic nitrogens is 1. The maximum atomic E-state index is 11.2. The van der Waals surface area contributed by atoms with Gasteiger partial charge in [-0.25, -0.2) is 13.1 Å². The van der Waals surface area contributed by atoms with Crippen molar-refractivity contribution in [3.63, 3.8) is 0 Å². The summed E-state index contributed by atoms with van der Waals surface area (Å²) in [5.41, 5.74) is 3.43. The molecule has 22 heavy (non-hydrogen) atoms. The van der Waals surface area contributed by atoms with Crippen molar-refractivity contribution in [3.8, 4) is 0 Å². The van der Waals surface area contributed by atoms with Crippen LogP contribution in [-0.2, 0) is 23.0 Å². The average molecular weight is 321 g/mol. The molecule has 3 rings (SSSR count). The molecule has 1 unspecified atom stereocenters. The number of H-pyrrole nitrogens is 1. The van der Waals surface area contributed by atoms with Gasteiger partial charge in [-0.1, -0.05) is 6.07 Å². The van der Waals surface area contributed by atoms with Crippen LogP contribution in [0.4, 0.5) is 0 Å². The number of fused-ring (bicyclic) bond motifs is 1. The van der Waals surface area contributed by atoms with Crippen LogP contribution in [0.15, 0.2) is 24.4 Å². The second-order valence-corrected chi connectivity index (χ2v) is 8.24. The zero-order valence-electron chi connectivity index (χ0n) is 13.1. The van der Waals surface area contributed by atoms with Crippen LogP contribution in [0.2, 0.25) is 0 Å². The molecule has 1 atom stereocenters. The van der Waals surface area contributed by atoms with E-state index in [0.717, 1.165) is 24.0 Å². The summed E-state index contributed by atoms with van der Waals surface area (Å²) in [4.78, 5) is 5.70. The number of nitrogens with zero attached hydrogens (tertiary/aromatic N) is 1. The molecule has 1 aromatic heterocycles. The molecule has 0 bridgehead atoms. The first-order valence-electron chi connectivity index (χ1n) is 7.63. The van der Waals surface area contributed by atoms with Gasteiger partial charge in [0.05, 0.1) is 6.26 Å². The fourth-order valence-corrected chi connectivity index (χ4v) is 3.65. The summed E-state index contributed by atoms with van der Waals surface area (Å²) in [5.74, 6) is 0.710. The van der Waals surface area contributed by atoms with E-state index in [4.69, 9.17) is 0 Å². The quantitative estimate of drug-likeness (QED) is 0.881. The minimum absolute atomic E-state index is 0.339. The van der Waals surface area contributed by atoms with Crippen molar-refractivity contribution in [3.05, 3.63) is 35.5 Å². The molecule has 2 heterocycles. The molecule has 0 amide bonds. The van der Waals surface area contributed by atoms with Crippen molar-refractivity contribution in [2.45, 2.75) is 19.4 Å². The van der Waals surface area contributed by atoms with E-state index in [2.05, 4.69) is 33.9 Å². The summed E-state index contributed by atoms with van der Waals surface area (Å²) in [6.45, 7) is 2.67. The van der Waals surface area contributed by atoms with E-state index in [1.807, 2.05) is 12.1 Å². The molecular formula is C16H23N3O2S. The highest BCUT2D eigenvalue weighted by Gasteiger charge is 2.20. The van der Waals surface area contributed by atoms with E-state index in [-0.39, 0.29) is 0 Å². The Morgan fingerprint density at radius 1 is 1.41 bits per heavy atom. The molecule has 0 spiro atoms. The SMILES string of the molecule is CN1CCC(Cc2c[nH]c3ccc(CNS(C)(=O)=O)cc23)C1. The second kappa shape index (κ2) is 6.02. The minimum atomic E-state index is -3.16. The molecule has 120 valence electrons. The average Bonchev–Trinajstić information content (AvgIpc) is 3.03. The molecule has 1 fully saturated rings. The van der Waals surface area contributed by atoms with Crippen LogP contribution in [0.3, 0.4) is 0 Å². The van der Waals surface area contributed by atoms with Crippen molar-refractivity contribution in [1.82, 2.24) is 14.6 Å². The van der Waals surface area contributed by atoms with Gasteiger partial charge >= 0.3 is 0 Å². The lowest BCUT2D eigenvalue weighted by atomic mass is 9.97. The van der Waals surface area contributed by atoms with E-state index in [1.54, 1.807) is 0 Å². The highest BCUT2D eigenvalue weighted by atomic mass is 32.2. The van der Waals surface area contributed by atoms with Crippen molar-refractivity contribution >= 4 is 20.9 Å². The maximum absolute atomic E-state index is 11.2. The van der Waals surface area contributed by atoms with Crippen LogP contribution >= 0.6 is 0 Å². The van der Waals surface area contributed by atoms with Crippen LogP contribution in [0.1, 0.15) is 17.5 Å². The van der Waals surface area contributed by atoms with Gasteiger partial charge in [0.15, 0.2) is 0 Å². The van der Waals surface area contributed by atoms with Crippen molar-refractivity contribution in [2.75, 3.05) is 26.4 Å². The third-order valence-corrected chi connectivity index (χ3v) is 5.04. The summed E-state index contributed by atoms with van der Waals surface area (Å²) in [6.07, 6.45) is 5.60. The minimum Gasteiger partial charge on any atom is -0.361 e. The van der Waals surface area contributed by atoms with E-state index >= 15 is 0 Å². The van der Waals surface area contributed by atoms with Gasteiger partial charge in [0.2, 0.25) is 10.0 Å². The molecule has 1 aromatic carbocycles. The Morgan fingerprint density at radius 3 is 2.91 bits per heavy atom. The summed E-state index contributed by atoms with van der Waals surface area (Å²) in [7, 11) is -0.990. The predicted octanol–water partition coefficient (Wildman–Crippen LogP) is 1.71. The number of rotatable bonds is 5. The molecule has 0 aliphatic carbocycles. The van der Waals surface area contributed by atoms with Gasteiger partial charge in [-0.15, -0.1) is 0 Å². The number of hydrogen-bond acceptors (Lipinski definition) is 3. The largest absolute Gasteiger partial charge is 0.361 e. The van der Waals surface area contributed by atoms with E-state index in [1.165, 1.54) is 30.2 Å². The van der Waals surface area contributed by atoms with E-state index in [0.29, 0.717) is 12.5 Å². The lowest BCUT2D eigenvalue weighted by molar-refractivity contribution is 0.394. The molecule has 6 heteroatoms. The molecular weight excluding hydrogens is 298 g/mol. The number of nitrogens with one attached hydrogen (secondary N) is 2. The predicted molar refractivity (Wildman–Crippen MR) is 89.3 cm³/mol. The zero-order chi connectivity index (χ0) is 15.7. The number of benzene rings is 1. The summed E-state index contributed by atoms with van der Waals surface area (Å²) >= 11 is 0. The van der Waals surface area contributed by atoms with Gasteiger partial charge in [-0.2, -0.15) is 0 Å². The van der Waals surface area contributed by atoms with Crippen LogP contribution in [0.25, 0.3) is 10.9 Å². The molecule has 5 nitrogen and oxygen atoms in total. The Balaban J connectivity index is 1.79. The van der Waals surface area contributed by atoms with Gasteiger partial charge in [0.1, 0.15) is 0 Å². The third-order valence-electron chi connectivity index (χ3n) is 4.37. The summed E-state index contributed by atoms with van der Waals surface area (Å²) in [5, 5.41) is 1.21. The second-order valence-electron chi connectivity index (χ2n) is 6.41. The van der Waals surface area contributed by atoms with Crippen molar-refractivity contribution in [2.24, 2.45) is 5.92 Å². The molecule has 2 aromatic rings. The lowest BCUT2D eigenvalue weighted by Gasteiger charge is -2.10. The Bertz CT molecular complexity index is 767. The van der Waals surface area contributed by atoms with Gasteiger partial charge < -0.3 is 9.88 Å². The van der Waals surface area contributed by atoms with Gasteiger partial charge in [-0.05, 0) is 55.6 Å². The standard InChI is InChI=1S/C16H23N3O2S/c1-19-6-5-13(11-19)7-14-10-17-16-4-3-12(8-15(14)16)9-18-22(2,20)21/h3-4,8,10,13,17-18H,5-7,9,11H2,1-2H3. The molecule has 1 aliphatic rings. The van der Waals surface area contributed by atoms with E-state index in [9.17, 15) is 8.42 Å². The lowest BCUT2D eigenvalue weighted by Crippen LogP contribution is -2.21. The molecule has 0 saturated carbocycles. The van der Waals surface area contributed by atoms with Crippen molar-refractivity contribution < 1.29 is 8.42 Å². The first-order valence-corrected chi connectivity index (χ1v) is 9.52. The number of likely N-dealkylation sites (tertiary alicyclic amines) is 1. The van der Waals surface area contributed by atoms with Gasteiger partial charge in [0, 0.05) is 30.2 Å².